The molecule has 32 heavy (non-hydrogen) atoms. The van der Waals surface area contributed by atoms with Crippen molar-refractivity contribution in [1.82, 2.24) is 10.2 Å². The molecule has 1 aromatic carbocycles. The van der Waals surface area contributed by atoms with Gasteiger partial charge in [0.15, 0.2) is 0 Å². The van der Waals surface area contributed by atoms with Crippen LogP contribution in [-0.2, 0) is 23.8 Å². The molecule has 2 aliphatic heterocycles. The first-order valence-electron chi connectivity index (χ1n) is 10.2. The summed E-state index contributed by atoms with van der Waals surface area (Å²) in [6.45, 7) is 1.98. The van der Waals surface area contributed by atoms with Crippen LogP contribution in [0.1, 0.15) is 39.1 Å². The van der Waals surface area contributed by atoms with Crippen LogP contribution in [0.25, 0.3) is 0 Å². The molecule has 4 amide bonds. The van der Waals surface area contributed by atoms with Crippen LogP contribution >= 0.6 is 0 Å². The Morgan fingerprint density at radius 2 is 1.66 bits per heavy atom. The predicted molar refractivity (Wildman–Crippen MR) is 110 cm³/mol. The molecule has 3 rings (SSSR count). The van der Waals surface area contributed by atoms with Crippen LogP contribution in [0.4, 0.5) is 0 Å². The highest BCUT2D eigenvalue weighted by Gasteiger charge is 2.44. The molecule has 0 radical (unpaired) electrons. The van der Waals surface area contributed by atoms with Gasteiger partial charge in [-0.25, -0.2) is 0 Å². The van der Waals surface area contributed by atoms with Gasteiger partial charge < -0.3 is 19.3 Å². The Morgan fingerprint density at radius 3 is 2.38 bits per heavy atom. The molecule has 1 aromatic rings. The second-order valence-corrected chi connectivity index (χ2v) is 7.01. The number of nitrogens with one attached hydrogen (secondary N) is 1. The number of aliphatic hydroxyl groups excluding tert-OH is 1. The summed E-state index contributed by atoms with van der Waals surface area (Å²) in [5.41, 5.74) is 0.932. The van der Waals surface area contributed by atoms with Crippen molar-refractivity contribution in [2.24, 2.45) is 0 Å². The topological polar surface area (TPSA) is 131 Å². The van der Waals surface area contributed by atoms with E-state index in [2.05, 4.69) is 17.2 Å². The number of fused-ring (bicyclic) bond motifs is 1. The summed E-state index contributed by atoms with van der Waals surface area (Å²) in [4.78, 5) is 49.8. The van der Waals surface area contributed by atoms with Crippen LogP contribution in [0.5, 0.6) is 0 Å². The number of imide groups is 2. The Balaban J connectivity index is 1.49. The molecule has 1 saturated heterocycles. The second kappa shape index (κ2) is 11.5. The van der Waals surface area contributed by atoms with E-state index < -0.39 is 29.7 Å². The number of aliphatic hydroxyl groups is 1. The van der Waals surface area contributed by atoms with Gasteiger partial charge in [0.25, 0.3) is 11.8 Å². The number of nitrogens with zero attached hydrogens (tertiary/aromatic N) is 1. The summed E-state index contributed by atoms with van der Waals surface area (Å²) < 4.78 is 15.7. The fourth-order valence-corrected chi connectivity index (χ4v) is 3.31. The van der Waals surface area contributed by atoms with Crippen molar-refractivity contribution in [3.63, 3.8) is 0 Å². The zero-order valence-corrected chi connectivity index (χ0v) is 17.4. The van der Waals surface area contributed by atoms with Gasteiger partial charge in [0.1, 0.15) is 12.6 Å². The van der Waals surface area contributed by atoms with Crippen LogP contribution in [0.15, 0.2) is 18.2 Å². The summed E-state index contributed by atoms with van der Waals surface area (Å²) >= 11 is 0. The third-order valence-corrected chi connectivity index (χ3v) is 4.83. The minimum atomic E-state index is -0.994. The van der Waals surface area contributed by atoms with Gasteiger partial charge >= 0.3 is 0 Å². The van der Waals surface area contributed by atoms with Crippen molar-refractivity contribution in [2.75, 3.05) is 46.2 Å². The quantitative estimate of drug-likeness (QED) is 0.280. The monoisotopic (exact) mass is 444 g/mol. The lowest BCUT2D eigenvalue weighted by Gasteiger charge is -2.27. The molecule has 0 aliphatic carbocycles. The Kier molecular flexibility index (Phi) is 8.47. The average Bonchev–Trinajstić information content (AvgIpc) is 3.02. The van der Waals surface area contributed by atoms with Crippen molar-refractivity contribution in [2.45, 2.75) is 18.9 Å². The van der Waals surface area contributed by atoms with Gasteiger partial charge in [-0.1, -0.05) is 11.8 Å². The van der Waals surface area contributed by atoms with Crippen LogP contribution in [0, 0.1) is 11.8 Å². The molecular weight excluding hydrogens is 420 g/mol. The lowest BCUT2D eigenvalue weighted by molar-refractivity contribution is -0.136. The number of hydrogen-bond donors (Lipinski definition) is 2. The molecule has 1 fully saturated rings. The Hall–Kier alpha value is -3.10. The molecule has 2 aliphatic rings. The Labute approximate surface area is 184 Å². The van der Waals surface area contributed by atoms with E-state index in [1.807, 2.05) is 0 Å². The van der Waals surface area contributed by atoms with Crippen molar-refractivity contribution >= 4 is 23.6 Å². The number of rotatable bonds is 10. The Morgan fingerprint density at radius 1 is 0.969 bits per heavy atom. The lowest BCUT2D eigenvalue weighted by atomic mass is 10.0. The van der Waals surface area contributed by atoms with Gasteiger partial charge in [-0.3, -0.25) is 29.4 Å². The normalized spacial score (nSPS) is 17.8. The number of piperidine rings is 1. The second-order valence-electron chi connectivity index (χ2n) is 7.01. The van der Waals surface area contributed by atoms with Crippen molar-refractivity contribution in [3.05, 3.63) is 34.9 Å². The number of amides is 4. The van der Waals surface area contributed by atoms with Crippen LogP contribution < -0.4 is 5.32 Å². The van der Waals surface area contributed by atoms with E-state index in [1.54, 1.807) is 6.07 Å². The van der Waals surface area contributed by atoms with Gasteiger partial charge in [0.2, 0.25) is 11.8 Å². The third kappa shape index (κ3) is 5.77. The number of hydrogen-bond acceptors (Lipinski definition) is 8. The maximum atomic E-state index is 12.8. The van der Waals surface area contributed by atoms with Gasteiger partial charge in [-0.15, -0.1) is 0 Å². The van der Waals surface area contributed by atoms with Crippen molar-refractivity contribution < 1.29 is 38.5 Å². The molecule has 10 nitrogen and oxygen atoms in total. The third-order valence-electron chi connectivity index (χ3n) is 4.83. The molecule has 1 atom stereocenters. The molecule has 2 N–H and O–H groups in total. The number of ether oxygens (including phenoxy) is 3. The minimum absolute atomic E-state index is 0.0193. The zero-order chi connectivity index (χ0) is 22.9. The highest BCUT2D eigenvalue weighted by Crippen LogP contribution is 2.28. The first-order chi connectivity index (χ1) is 15.5. The van der Waals surface area contributed by atoms with E-state index in [0.717, 1.165) is 4.90 Å². The molecular formula is C22H24N2O8. The summed E-state index contributed by atoms with van der Waals surface area (Å²) in [5, 5.41) is 10.7. The average molecular weight is 444 g/mol. The molecule has 0 bridgehead atoms. The van der Waals surface area contributed by atoms with Crippen LogP contribution in [0.3, 0.4) is 0 Å². The first kappa shape index (κ1) is 23.6. The fourth-order valence-electron chi connectivity index (χ4n) is 3.31. The minimum Gasteiger partial charge on any atom is -0.394 e. The highest BCUT2D eigenvalue weighted by molar-refractivity contribution is 6.23. The zero-order valence-electron chi connectivity index (χ0n) is 17.4. The smallest absolute Gasteiger partial charge is 0.262 e. The molecule has 1 unspecified atom stereocenters. The number of carbonyl (C=O) groups excluding carboxylic acids is 4. The van der Waals surface area contributed by atoms with Gasteiger partial charge in [0.05, 0.1) is 50.8 Å². The van der Waals surface area contributed by atoms with Crippen molar-refractivity contribution in [1.29, 1.82) is 0 Å². The summed E-state index contributed by atoms with van der Waals surface area (Å²) in [6, 6.07) is 3.66. The molecule has 0 spiro atoms. The maximum Gasteiger partial charge on any atom is 0.262 e. The lowest BCUT2D eigenvalue weighted by Crippen LogP contribution is -2.54. The van der Waals surface area contributed by atoms with E-state index in [9.17, 15) is 19.2 Å². The summed E-state index contributed by atoms with van der Waals surface area (Å²) in [6.07, 6.45) is 0.183. The fraction of sp³-hybridized carbons (Fsp3) is 0.455. The van der Waals surface area contributed by atoms with E-state index in [1.165, 1.54) is 12.1 Å². The van der Waals surface area contributed by atoms with Gasteiger partial charge in [-0.05, 0) is 24.6 Å². The van der Waals surface area contributed by atoms with E-state index in [0.29, 0.717) is 32.0 Å². The van der Waals surface area contributed by atoms with E-state index in [-0.39, 0.29) is 43.8 Å². The van der Waals surface area contributed by atoms with Gasteiger partial charge in [0, 0.05) is 12.0 Å². The van der Waals surface area contributed by atoms with Crippen LogP contribution in [0.2, 0.25) is 0 Å². The molecule has 10 heteroatoms. The standard InChI is InChI=1S/C22H24N2O8/c25-7-9-31-11-13-32-12-10-30-8-1-2-15-3-4-16-17(14-15)22(29)24(21(16)28)18-5-6-19(26)23-20(18)27/h3-4,14,18,25H,5-13H2,(H,23,26,27). The number of carbonyl (C=O) groups is 4. The summed E-state index contributed by atoms with van der Waals surface area (Å²) in [7, 11) is 0. The highest BCUT2D eigenvalue weighted by atomic mass is 16.5. The first-order valence-corrected chi connectivity index (χ1v) is 10.2. The molecule has 0 aromatic heterocycles. The molecule has 2 heterocycles. The van der Waals surface area contributed by atoms with Gasteiger partial charge in [-0.2, -0.15) is 0 Å². The Bertz CT molecular complexity index is 949. The summed E-state index contributed by atoms with van der Waals surface area (Å²) in [5.74, 6) is 3.53. The van der Waals surface area contributed by atoms with E-state index in [4.69, 9.17) is 19.3 Å². The van der Waals surface area contributed by atoms with Crippen LogP contribution in [-0.4, -0.2) is 85.9 Å². The van der Waals surface area contributed by atoms with Crippen molar-refractivity contribution in [3.8, 4) is 11.8 Å². The number of benzene rings is 1. The molecule has 170 valence electrons. The largest absolute Gasteiger partial charge is 0.394 e. The molecule has 0 saturated carbocycles. The SMILES string of the molecule is O=C1CCC(N2C(=O)c3ccc(C#CCOCCOCCOCCO)cc3C2=O)C(=O)N1. The van der Waals surface area contributed by atoms with E-state index >= 15 is 0 Å². The predicted octanol–water partition coefficient (Wildman–Crippen LogP) is -0.519. The maximum absolute atomic E-state index is 12.8.